The van der Waals surface area contributed by atoms with Crippen LogP contribution in [0.15, 0.2) is 0 Å². The minimum absolute atomic E-state index is 0. The van der Waals surface area contributed by atoms with Crippen LogP contribution in [0.1, 0.15) is 53.3 Å². The topological polar surface area (TPSA) is 46.5 Å². The molecular formula is C10H21LiO3. The van der Waals surface area contributed by atoms with Crippen molar-refractivity contribution in [3.05, 3.63) is 0 Å². The van der Waals surface area contributed by atoms with Gasteiger partial charge in [0.15, 0.2) is 0 Å². The summed E-state index contributed by atoms with van der Waals surface area (Å²) in [5.74, 6) is 0. The first-order valence-electron chi connectivity index (χ1n) is 5.13. The van der Waals surface area contributed by atoms with Gasteiger partial charge < -0.3 is 11.3 Å². The van der Waals surface area contributed by atoms with E-state index in [9.17, 15) is 4.79 Å². The van der Waals surface area contributed by atoms with Gasteiger partial charge in [0.05, 0.1) is 6.61 Å². The van der Waals surface area contributed by atoms with Gasteiger partial charge in [0, 0.05) is 0 Å². The van der Waals surface area contributed by atoms with E-state index in [0.717, 1.165) is 12.8 Å². The van der Waals surface area contributed by atoms with E-state index in [2.05, 4.69) is 11.7 Å². The Morgan fingerprint density at radius 1 is 1.14 bits per heavy atom. The summed E-state index contributed by atoms with van der Waals surface area (Å²) in [6, 6.07) is 0. The smallest absolute Gasteiger partial charge is 1.00 e. The zero-order valence-electron chi connectivity index (χ0n) is 10.4. The van der Waals surface area contributed by atoms with Crippen molar-refractivity contribution in [2.75, 3.05) is 6.61 Å². The number of hydrogen-bond donors (Lipinski definition) is 1. The Morgan fingerprint density at radius 2 is 1.64 bits per heavy atom. The quantitative estimate of drug-likeness (QED) is 0.350. The van der Waals surface area contributed by atoms with Gasteiger partial charge in [-0.05, 0) is 6.42 Å². The molecule has 1 N–H and O–H groups in total. The summed E-state index contributed by atoms with van der Waals surface area (Å²) in [6.07, 6.45) is 7.12. The van der Waals surface area contributed by atoms with E-state index in [0.29, 0.717) is 6.61 Å². The molecule has 3 nitrogen and oxygen atoms in total. The Labute approximate surface area is 99.9 Å². The molecule has 0 heterocycles. The molecular weight excluding hydrogens is 175 g/mol. The molecule has 80 valence electrons. The number of hydrogen-bond acceptors (Lipinski definition) is 2. The molecule has 0 radical (unpaired) electrons. The van der Waals surface area contributed by atoms with Gasteiger partial charge in [-0.2, -0.15) is 0 Å². The van der Waals surface area contributed by atoms with Gasteiger partial charge in [-0.15, -0.1) is 0 Å². The summed E-state index contributed by atoms with van der Waals surface area (Å²) in [6.45, 7) is 2.55. The van der Waals surface area contributed by atoms with Crippen molar-refractivity contribution in [3.63, 3.8) is 0 Å². The Morgan fingerprint density at radius 3 is 2.14 bits per heavy atom. The van der Waals surface area contributed by atoms with E-state index >= 15 is 0 Å². The van der Waals surface area contributed by atoms with Crippen molar-refractivity contribution in [1.82, 2.24) is 0 Å². The van der Waals surface area contributed by atoms with Crippen molar-refractivity contribution in [2.45, 2.75) is 51.9 Å². The van der Waals surface area contributed by atoms with Crippen molar-refractivity contribution in [3.8, 4) is 0 Å². The van der Waals surface area contributed by atoms with Gasteiger partial charge in [0.2, 0.25) is 0 Å². The molecule has 0 spiro atoms. The van der Waals surface area contributed by atoms with E-state index in [1.807, 2.05) is 0 Å². The fourth-order valence-electron chi connectivity index (χ4n) is 1.22. The van der Waals surface area contributed by atoms with Crippen molar-refractivity contribution in [2.24, 2.45) is 0 Å². The molecule has 14 heavy (non-hydrogen) atoms. The van der Waals surface area contributed by atoms with Crippen molar-refractivity contribution >= 4 is 6.16 Å². The van der Waals surface area contributed by atoms with E-state index < -0.39 is 6.16 Å². The van der Waals surface area contributed by atoms with Gasteiger partial charge in [-0.25, -0.2) is 4.79 Å². The summed E-state index contributed by atoms with van der Waals surface area (Å²) < 4.78 is 4.39. The molecule has 0 aromatic rings. The number of carbonyl (C=O) groups is 1. The third-order valence-corrected chi connectivity index (χ3v) is 1.97. The van der Waals surface area contributed by atoms with Crippen LogP contribution < -0.4 is 18.9 Å². The minimum atomic E-state index is -1.16. The normalized spacial score (nSPS) is 9.21. The molecule has 0 saturated carbocycles. The standard InChI is InChI=1S/C10H20O3.Li.H/c1-2-3-4-5-6-7-8-9-13-10(11)12;;/h2-9H2,1H3,(H,11,12);;/q;+1;-1. The van der Waals surface area contributed by atoms with Gasteiger partial charge in [-0.1, -0.05) is 45.4 Å². The van der Waals surface area contributed by atoms with Crippen LogP contribution in [0.4, 0.5) is 4.79 Å². The molecule has 0 aromatic carbocycles. The van der Waals surface area contributed by atoms with Crippen LogP contribution in [0.5, 0.6) is 0 Å². The predicted molar refractivity (Wildman–Crippen MR) is 53.1 cm³/mol. The van der Waals surface area contributed by atoms with Crippen LogP contribution in [0.2, 0.25) is 0 Å². The van der Waals surface area contributed by atoms with Gasteiger partial charge in [0.25, 0.3) is 0 Å². The first-order chi connectivity index (χ1) is 6.27. The Bertz CT molecular complexity index is 134. The molecule has 4 heteroatoms. The zero-order valence-corrected chi connectivity index (χ0v) is 9.42. The molecule has 0 atom stereocenters. The second-order valence-corrected chi connectivity index (χ2v) is 3.24. The van der Waals surface area contributed by atoms with Gasteiger partial charge >= 0.3 is 25.0 Å². The zero-order chi connectivity index (χ0) is 9.94. The van der Waals surface area contributed by atoms with E-state index in [-0.39, 0.29) is 20.3 Å². The van der Waals surface area contributed by atoms with Crippen LogP contribution in [0.3, 0.4) is 0 Å². The Kier molecular flexibility index (Phi) is 15.0. The molecule has 0 amide bonds. The number of rotatable bonds is 8. The molecule has 0 aliphatic heterocycles. The summed E-state index contributed by atoms with van der Waals surface area (Å²) in [7, 11) is 0. The second kappa shape index (κ2) is 12.9. The van der Waals surface area contributed by atoms with E-state index in [4.69, 9.17) is 5.11 Å². The molecule has 0 aromatic heterocycles. The molecule has 0 aliphatic carbocycles. The predicted octanol–water partition coefficient (Wildman–Crippen LogP) is 0.548. The van der Waals surface area contributed by atoms with Gasteiger partial charge in [0.1, 0.15) is 0 Å². The molecule has 0 aliphatic rings. The van der Waals surface area contributed by atoms with Crippen LogP contribution in [-0.4, -0.2) is 17.9 Å². The average Bonchev–Trinajstić information content (AvgIpc) is 2.09. The maximum absolute atomic E-state index is 9.95. The summed E-state index contributed by atoms with van der Waals surface area (Å²) in [5.41, 5.74) is 0. The second-order valence-electron chi connectivity index (χ2n) is 3.24. The largest absolute Gasteiger partial charge is 1.00 e. The number of unbranched alkanes of at least 4 members (excludes halogenated alkanes) is 6. The maximum atomic E-state index is 9.95. The van der Waals surface area contributed by atoms with Crippen LogP contribution >= 0.6 is 0 Å². The minimum Gasteiger partial charge on any atom is -1.00 e. The molecule has 0 unspecified atom stereocenters. The maximum Gasteiger partial charge on any atom is 1.00 e. The molecule has 0 rings (SSSR count). The van der Waals surface area contributed by atoms with Gasteiger partial charge in [-0.3, -0.25) is 0 Å². The number of carboxylic acid groups (broad SMARTS) is 1. The van der Waals surface area contributed by atoms with Crippen LogP contribution in [0, 0.1) is 0 Å². The summed E-state index contributed by atoms with van der Waals surface area (Å²) in [5, 5.41) is 8.16. The van der Waals surface area contributed by atoms with Crippen LogP contribution in [-0.2, 0) is 4.74 Å². The Hall–Kier alpha value is -0.133. The third kappa shape index (κ3) is 14.4. The fraction of sp³-hybridized carbons (Fsp3) is 0.900. The average molecular weight is 196 g/mol. The van der Waals surface area contributed by atoms with Crippen molar-refractivity contribution in [1.29, 1.82) is 0 Å². The fourth-order valence-corrected chi connectivity index (χ4v) is 1.22. The molecule has 0 bridgehead atoms. The Balaban J connectivity index is -0.000000720. The third-order valence-electron chi connectivity index (χ3n) is 1.97. The first kappa shape index (κ1) is 16.3. The first-order valence-corrected chi connectivity index (χ1v) is 5.13. The van der Waals surface area contributed by atoms with Crippen LogP contribution in [0.25, 0.3) is 0 Å². The summed E-state index contributed by atoms with van der Waals surface area (Å²) >= 11 is 0. The summed E-state index contributed by atoms with van der Waals surface area (Å²) in [4.78, 5) is 9.95. The monoisotopic (exact) mass is 196 g/mol. The van der Waals surface area contributed by atoms with Crippen molar-refractivity contribution < 1.29 is 34.9 Å². The SMILES string of the molecule is CCCCCCCCCOC(=O)O.[H-].[Li+]. The molecule has 0 saturated heterocycles. The number of ether oxygens (including phenoxy) is 1. The van der Waals surface area contributed by atoms with E-state index in [1.165, 1.54) is 32.1 Å². The van der Waals surface area contributed by atoms with E-state index in [1.54, 1.807) is 0 Å². The molecule has 0 fully saturated rings.